The van der Waals surface area contributed by atoms with Crippen LogP contribution in [0, 0.1) is 24.0 Å². The van der Waals surface area contributed by atoms with Gasteiger partial charge in [0.1, 0.15) is 31.7 Å². The number of rotatable bonds is 24. The number of nitrogens with zero attached hydrogens (tertiary/aromatic N) is 1. The molecule has 73 heavy (non-hydrogen) atoms. The van der Waals surface area contributed by atoms with E-state index < -0.39 is 22.3 Å². The van der Waals surface area contributed by atoms with Gasteiger partial charge in [0, 0.05) is 42.5 Å². The van der Waals surface area contributed by atoms with Gasteiger partial charge in [0.2, 0.25) is 0 Å². The molecule has 18 heteroatoms. The van der Waals surface area contributed by atoms with E-state index in [4.69, 9.17) is 41.5 Å². The van der Waals surface area contributed by atoms with Crippen LogP contribution in [0.4, 0.5) is 5.69 Å². The fourth-order valence-corrected chi connectivity index (χ4v) is 6.36. The zero-order valence-electron chi connectivity index (χ0n) is 44.1. The molecule has 0 N–H and O–H groups in total. The Morgan fingerprint density at radius 2 is 1.08 bits per heavy atom. The van der Waals surface area contributed by atoms with Gasteiger partial charge in [0.25, 0.3) is 5.69 Å². The van der Waals surface area contributed by atoms with Crippen LogP contribution in [0.2, 0.25) is 0 Å². The van der Waals surface area contributed by atoms with Gasteiger partial charge in [-0.05, 0) is 136 Å². The minimum Gasteiger partial charge on any atom is -0.460 e. The van der Waals surface area contributed by atoms with Crippen molar-refractivity contribution in [3.63, 3.8) is 0 Å². The van der Waals surface area contributed by atoms with E-state index in [-0.39, 0.29) is 68.8 Å². The molecule has 0 amide bonds. The zero-order chi connectivity index (χ0) is 55.0. The molecule has 0 aromatic heterocycles. The number of carbonyl (C=O) groups excluding carboxylic acids is 4. The Balaban J connectivity index is 0.000000978. The second kappa shape index (κ2) is 35.7. The van der Waals surface area contributed by atoms with E-state index in [0.717, 1.165) is 16.7 Å². The highest BCUT2D eigenvalue weighted by Gasteiger charge is 2.27. The van der Waals surface area contributed by atoms with Crippen LogP contribution in [0.5, 0.6) is 5.75 Å². The van der Waals surface area contributed by atoms with E-state index in [1.165, 1.54) is 17.7 Å². The lowest BCUT2D eigenvalue weighted by Crippen LogP contribution is -2.29. The Bertz CT molecular complexity index is 2280. The summed E-state index contributed by atoms with van der Waals surface area (Å²) in [5.41, 5.74) is 5.86. The SMILES string of the molecule is C=C(C)C(=O)OC1CCC(OS(=O)Oc2ccc(C)cc2)CC1.C=C(C)C(=O)OCC(C)OCC.C=C(C)C(=O)OCC(C)OCc1ccc([N+](=O)[O-])cc1.C=C(C)C(=O)OCC(C)OCc1ccccc1C.[HH]. The summed E-state index contributed by atoms with van der Waals surface area (Å²) >= 11 is -1.83. The number of carbonyl (C=O) groups is 4. The number of hydrogen-bond acceptors (Lipinski definition) is 16. The second-order valence-corrected chi connectivity index (χ2v) is 18.0. The highest BCUT2D eigenvalue weighted by molar-refractivity contribution is 7.75. The minimum atomic E-state index is -1.83. The van der Waals surface area contributed by atoms with E-state index in [2.05, 4.69) is 26.3 Å². The van der Waals surface area contributed by atoms with Crippen molar-refractivity contribution in [2.45, 2.75) is 139 Å². The average Bonchev–Trinajstić information content (AvgIpc) is 3.35. The Hall–Kier alpha value is -6.31. The van der Waals surface area contributed by atoms with Crippen LogP contribution in [-0.2, 0) is 81.1 Å². The molecule has 1 aliphatic rings. The van der Waals surface area contributed by atoms with Crippen molar-refractivity contribution in [3.8, 4) is 5.75 Å². The highest BCUT2D eigenvalue weighted by atomic mass is 32.2. The molecule has 1 aliphatic carbocycles. The Labute approximate surface area is 435 Å². The quantitative estimate of drug-likeness (QED) is 0.0268. The summed E-state index contributed by atoms with van der Waals surface area (Å²) in [5, 5.41) is 10.5. The number of non-ortho nitro benzene ring substituents is 1. The molecule has 4 atom stereocenters. The third-order valence-corrected chi connectivity index (χ3v) is 10.7. The molecular formula is C55H77NO16S. The van der Waals surface area contributed by atoms with Crippen LogP contribution in [0.1, 0.15) is 105 Å². The van der Waals surface area contributed by atoms with Gasteiger partial charge in [-0.15, -0.1) is 0 Å². The van der Waals surface area contributed by atoms with Gasteiger partial charge in [0.15, 0.2) is 0 Å². The molecule has 17 nitrogen and oxygen atoms in total. The summed E-state index contributed by atoms with van der Waals surface area (Å²) in [6, 6.07) is 21.4. The maximum Gasteiger partial charge on any atom is 0.360 e. The molecule has 0 bridgehead atoms. The predicted molar refractivity (Wildman–Crippen MR) is 281 cm³/mol. The maximum atomic E-state index is 11.9. The van der Waals surface area contributed by atoms with Crippen LogP contribution in [0.3, 0.4) is 0 Å². The van der Waals surface area contributed by atoms with E-state index >= 15 is 0 Å². The van der Waals surface area contributed by atoms with E-state index in [9.17, 15) is 33.5 Å². The normalized spacial score (nSPS) is 15.2. The summed E-state index contributed by atoms with van der Waals surface area (Å²) in [6.45, 7) is 34.0. The van der Waals surface area contributed by atoms with E-state index in [1.54, 1.807) is 58.9 Å². The molecule has 0 radical (unpaired) electrons. The largest absolute Gasteiger partial charge is 0.460 e. The number of ether oxygens (including phenoxy) is 7. The first-order chi connectivity index (χ1) is 34.4. The van der Waals surface area contributed by atoms with Crippen LogP contribution >= 0.6 is 0 Å². The van der Waals surface area contributed by atoms with Gasteiger partial charge in [-0.3, -0.25) is 14.3 Å². The van der Waals surface area contributed by atoms with Crippen molar-refractivity contribution in [2.75, 3.05) is 26.4 Å². The number of aryl methyl sites for hydroxylation is 2. The molecule has 4 rings (SSSR count). The molecule has 4 unspecified atom stereocenters. The maximum absolute atomic E-state index is 11.9. The number of benzene rings is 3. The monoisotopic (exact) mass is 1040 g/mol. The highest BCUT2D eigenvalue weighted by Crippen LogP contribution is 2.25. The molecule has 404 valence electrons. The molecule has 3 aromatic carbocycles. The van der Waals surface area contributed by atoms with Crippen LogP contribution in [0.25, 0.3) is 0 Å². The van der Waals surface area contributed by atoms with Crippen molar-refractivity contribution in [2.24, 2.45) is 0 Å². The Morgan fingerprint density at radius 3 is 1.52 bits per heavy atom. The van der Waals surface area contributed by atoms with Gasteiger partial charge in [0.05, 0.1) is 42.6 Å². The minimum absolute atomic E-state index is 0. The van der Waals surface area contributed by atoms with E-state index in [1.807, 2.05) is 71.0 Å². The topological polar surface area (TPSA) is 212 Å². The lowest BCUT2D eigenvalue weighted by molar-refractivity contribution is -0.384. The van der Waals surface area contributed by atoms with Crippen LogP contribution in [0.15, 0.2) is 121 Å². The summed E-state index contributed by atoms with van der Waals surface area (Å²) in [5.74, 6) is -1.03. The summed E-state index contributed by atoms with van der Waals surface area (Å²) in [4.78, 5) is 54.8. The second-order valence-electron chi connectivity index (χ2n) is 17.3. The van der Waals surface area contributed by atoms with Gasteiger partial charge in [-0.1, -0.05) is 68.3 Å². The molecule has 0 spiro atoms. The Morgan fingerprint density at radius 1 is 0.644 bits per heavy atom. The predicted octanol–water partition coefficient (Wildman–Crippen LogP) is 10.8. The molecule has 1 saturated carbocycles. The summed E-state index contributed by atoms with van der Waals surface area (Å²) in [7, 11) is 0. The van der Waals surface area contributed by atoms with Gasteiger partial charge < -0.3 is 37.3 Å². The van der Waals surface area contributed by atoms with Gasteiger partial charge >= 0.3 is 35.2 Å². The summed E-state index contributed by atoms with van der Waals surface area (Å²) < 4.78 is 59.0. The smallest absolute Gasteiger partial charge is 0.360 e. The fourth-order valence-electron chi connectivity index (χ4n) is 5.64. The number of esters is 4. The van der Waals surface area contributed by atoms with Crippen LogP contribution < -0.4 is 4.18 Å². The van der Waals surface area contributed by atoms with Crippen molar-refractivity contribution in [3.05, 3.63) is 154 Å². The van der Waals surface area contributed by atoms with Crippen molar-refractivity contribution >= 4 is 40.9 Å². The Kier molecular flexibility index (Phi) is 31.7. The van der Waals surface area contributed by atoms with Crippen molar-refractivity contribution in [1.82, 2.24) is 0 Å². The van der Waals surface area contributed by atoms with Crippen molar-refractivity contribution in [1.29, 1.82) is 0 Å². The standard InChI is InChI=1S/C17H22O5S.C15H20O3.C14H17NO5.C9H16O3.H2/c1-12(2)17(18)20-14-8-10-16(11-9-14)22-23(19)21-15-6-4-13(3)5-7-15;1-11(2)15(16)18-9-13(4)17-10-14-8-6-5-7-12(14)3;1-10(2)14(16)20-8-11(3)19-9-12-4-6-13(7-5-12)15(17)18;1-5-11-8(4)6-12-9(10)7(2)3;/h4-7,14,16H,1,8-11H2,2-3H3;5-8,13H,1,9-10H2,2-4H3;4-7,11H,1,8-9H2,2-3H3;8H,2,5-6H2,1,3-4H3;1H. The molecular weight excluding hydrogens is 963 g/mol. The first-order valence-electron chi connectivity index (χ1n) is 23.7. The fraction of sp³-hybridized carbons (Fsp3) is 0.455. The first kappa shape index (κ1) is 64.7. The number of nitro benzene ring substituents is 1. The third kappa shape index (κ3) is 29.7. The molecule has 0 aliphatic heterocycles. The average molecular weight is 1040 g/mol. The third-order valence-electron chi connectivity index (χ3n) is 9.95. The molecule has 3 aromatic rings. The van der Waals surface area contributed by atoms with E-state index in [0.29, 0.717) is 80.2 Å². The van der Waals surface area contributed by atoms with Gasteiger partial charge in [-0.2, -0.15) is 4.21 Å². The zero-order valence-corrected chi connectivity index (χ0v) is 44.9. The number of nitro groups is 1. The van der Waals surface area contributed by atoms with Crippen LogP contribution in [-0.4, -0.2) is 90.0 Å². The molecule has 1 fully saturated rings. The lowest BCUT2D eigenvalue weighted by atomic mass is 9.95. The molecule has 0 saturated heterocycles. The van der Waals surface area contributed by atoms with Crippen molar-refractivity contribution < 1.29 is 71.3 Å². The van der Waals surface area contributed by atoms with Gasteiger partial charge in [-0.25, -0.2) is 19.2 Å². The molecule has 0 heterocycles. The number of hydrogen-bond donors (Lipinski definition) is 0. The lowest BCUT2D eigenvalue weighted by Gasteiger charge is -2.27. The summed E-state index contributed by atoms with van der Waals surface area (Å²) in [6.07, 6.45) is 2.01. The first-order valence-corrected chi connectivity index (χ1v) is 24.7.